The Kier molecular flexibility index (Phi) is 5.69. The highest BCUT2D eigenvalue weighted by molar-refractivity contribution is 9.11. The molecule has 0 atom stereocenters. The van der Waals surface area contributed by atoms with Gasteiger partial charge in [-0.25, -0.2) is 0 Å². The van der Waals surface area contributed by atoms with E-state index in [1.54, 1.807) is 24.5 Å². The normalized spacial score (nSPS) is 13.9. The van der Waals surface area contributed by atoms with Gasteiger partial charge in [-0.05, 0) is 79.4 Å². The van der Waals surface area contributed by atoms with Gasteiger partial charge >= 0.3 is 0 Å². The molecule has 0 radical (unpaired) electrons. The molecule has 4 nitrogen and oxygen atoms in total. The first-order valence-electron chi connectivity index (χ1n) is 7.79. The van der Waals surface area contributed by atoms with Gasteiger partial charge in [0.1, 0.15) is 5.75 Å². The Morgan fingerprint density at radius 1 is 1.04 bits per heavy atom. The number of hydrogen-bond donors (Lipinski definition) is 2. The van der Waals surface area contributed by atoms with E-state index in [1.807, 2.05) is 36.4 Å². The number of phenols is 1. The van der Waals surface area contributed by atoms with Crippen molar-refractivity contribution in [1.82, 2.24) is 4.98 Å². The quantitative estimate of drug-likeness (QED) is 0.424. The summed E-state index contributed by atoms with van der Waals surface area (Å²) in [5, 5.41) is 12.8. The zero-order valence-electron chi connectivity index (χ0n) is 13.7. The Labute approximate surface area is 179 Å². The van der Waals surface area contributed by atoms with Gasteiger partial charge in [0.15, 0.2) is 0 Å². The molecule has 1 aromatic heterocycles. The van der Waals surface area contributed by atoms with Gasteiger partial charge in [-0.15, -0.1) is 12.4 Å². The second-order valence-corrected chi connectivity index (χ2v) is 7.56. The van der Waals surface area contributed by atoms with Crippen LogP contribution >= 0.6 is 44.3 Å². The molecule has 27 heavy (non-hydrogen) atoms. The Bertz CT molecular complexity index is 1050. The average Bonchev–Trinajstić information content (AvgIpc) is 2.95. The highest BCUT2D eigenvalue weighted by atomic mass is 79.9. The minimum atomic E-state index is -0.149. The zero-order chi connectivity index (χ0) is 18.3. The summed E-state index contributed by atoms with van der Waals surface area (Å²) in [5.74, 6) is -0.0223. The SMILES string of the molecule is Cl.O=C1Nc2ccc(-c3cccnc3)cc2C1=Cc1cc(Br)c(O)c(Br)c1. The molecule has 7 heteroatoms. The van der Waals surface area contributed by atoms with E-state index in [1.165, 1.54) is 0 Å². The van der Waals surface area contributed by atoms with E-state index >= 15 is 0 Å². The summed E-state index contributed by atoms with van der Waals surface area (Å²) in [7, 11) is 0. The third kappa shape index (κ3) is 3.78. The zero-order valence-corrected chi connectivity index (χ0v) is 17.7. The molecule has 0 saturated heterocycles. The van der Waals surface area contributed by atoms with Crippen LogP contribution in [0.15, 0.2) is 63.8 Å². The molecular formula is C20H13Br2ClN2O2. The lowest BCUT2D eigenvalue weighted by molar-refractivity contribution is -0.110. The van der Waals surface area contributed by atoms with E-state index in [2.05, 4.69) is 42.2 Å². The van der Waals surface area contributed by atoms with Crippen molar-refractivity contribution < 1.29 is 9.90 Å². The maximum atomic E-state index is 12.5. The number of hydrogen-bond acceptors (Lipinski definition) is 3. The number of rotatable bonds is 2. The Balaban J connectivity index is 0.00000210. The van der Waals surface area contributed by atoms with Crippen molar-refractivity contribution in [3.05, 3.63) is 74.9 Å². The third-order valence-electron chi connectivity index (χ3n) is 4.15. The number of aromatic hydroxyl groups is 1. The molecule has 0 saturated carbocycles. The van der Waals surface area contributed by atoms with Crippen LogP contribution < -0.4 is 5.32 Å². The summed E-state index contributed by atoms with van der Waals surface area (Å²) in [4.78, 5) is 16.6. The number of fused-ring (bicyclic) bond motifs is 1. The molecule has 2 heterocycles. The summed E-state index contributed by atoms with van der Waals surface area (Å²) in [6, 6.07) is 13.3. The molecule has 0 fully saturated rings. The summed E-state index contributed by atoms with van der Waals surface area (Å²) < 4.78 is 1.11. The van der Waals surface area contributed by atoms with Crippen molar-refractivity contribution in [2.24, 2.45) is 0 Å². The standard InChI is InChI=1S/C20H12Br2N2O2.ClH/c21-16-7-11(8-17(22)19(16)25)6-15-14-9-12(13-2-1-5-23-10-13)3-4-18(14)24-20(15)26;/h1-10,25H,(H,24,26);1H. The van der Waals surface area contributed by atoms with E-state index in [0.29, 0.717) is 14.5 Å². The Morgan fingerprint density at radius 3 is 2.44 bits per heavy atom. The molecule has 1 aliphatic heterocycles. The van der Waals surface area contributed by atoms with Gasteiger partial charge in [0.05, 0.1) is 8.95 Å². The maximum Gasteiger partial charge on any atom is 0.256 e. The molecule has 0 spiro atoms. The van der Waals surface area contributed by atoms with Crippen LogP contribution in [-0.2, 0) is 4.79 Å². The molecule has 2 aromatic carbocycles. The number of pyridine rings is 1. The van der Waals surface area contributed by atoms with Crippen LogP contribution in [0.25, 0.3) is 22.8 Å². The van der Waals surface area contributed by atoms with Crippen LogP contribution in [0.3, 0.4) is 0 Å². The fraction of sp³-hybridized carbons (Fsp3) is 0. The number of phenolic OH excluding ortho intramolecular Hbond substituents is 1. The molecule has 1 aliphatic rings. The van der Waals surface area contributed by atoms with Crippen LogP contribution in [0.1, 0.15) is 11.1 Å². The number of benzene rings is 2. The maximum absolute atomic E-state index is 12.5. The summed E-state index contributed by atoms with van der Waals surface area (Å²) >= 11 is 6.64. The van der Waals surface area contributed by atoms with Gasteiger partial charge in [-0.3, -0.25) is 9.78 Å². The number of nitrogens with zero attached hydrogens (tertiary/aromatic N) is 1. The van der Waals surface area contributed by atoms with E-state index < -0.39 is 0 Å². The minimum Gasteiger partial charge on any atom is -0.506 e. The van der Waals surface area contributed by atoms with Crippen molar-refractivity contribution in [1.29, 1.82) is 0 Å². The van der Waals surface area contributed by atoms with Gasteiger partial charge in [0.2, 0.25) is 0 Å². The first-order chi connectivity index (χ1) is 12.5. The predicted molar refractivity (Wildman–Crippen MR) is 117 cm³/mol. The number of anilines is 1. The van der Waals surface area contributed by atoms with Gasteiger partial charge in [-0.1, -0.05) is 12.1 Å². The lowest BCUT2D eigenvalue weighted by Gasteiger charge is -2.06. The largest absolute Gasteiger partial charge is 0.506 e. The number of halogens is 3. The fourth-order valence-electron chi connectivity index (χ4n) is 2.88. The number of aromatic nitrogens is 1. The molecule has 136 valence electrons. The fourth-order valence-corrected chi connectivity index (χ4v) is 4.10. The Morgan fingerprint density at radius 2 is 1.78 bits per heavy atom. The number of nitrogens with one attached hydrogen (secondary N) is 1. The molecular weight excluding hydrogens is 495 g/mol. The van der Waals surface area contributed by atoms with Crippen LogP contribution in [0.5, 0.6) is 5.75 Å². The molecule has 0 aliphatic carbocycles. The van der Waals surface area contributed by atoms with Crippen molar-refractivity contribution in [3.63, 3.8) is 0 Å². The Hall–Kier alpha value is -2.15. The molecule has 4 rings (SSSR count). The van der Waals surface area contributed by atoms with Crippen LogP contribution in [0, 0.1) is 0 Å². The lowest BCUT2D eigenvalue weighted by Crippen LogP contribution is -2.03. The third-order valence-corrected chi connectivity index (χ3v) is 5.36. The van der Waals surface area contributed by atoms with Crippen LogP contribution in [0.4, 0.5) is 5.69 Å². The number of amides is 1. The van der Waals surface area contributed by atoms with Crippen LogP contribution in [0.2, 0.25) is 0 Å². The van der Waals surface area contributed by atoms with Gasteiger partial charge < -0.3 is 10.4 Å². The minimum absolute atomic E-state index is 0. The summed E-state index contributed by atoms with van der Waals surface area (Å²) in [6.45, 7) is 0. The molecule has 1 amide bonds. The second-order valence-electron chi connectivity index (χ2n) is 5.85. The first kappa shape index (κ1) is 19.6. The van der Waals surface area contributed by atoms with Crippen LogP contribution in [-0.4, -0.2) is 16.0 Å². The molecule has 2 N–H and O–H groups in total. The van der Waals surface area contributed by atoms with Crippen molar-refractivity contribution in [2.75, 3.05) is 5.32 Å². The average molecular weight is 509 g/mol. The van der Waals surface area contributed by atoms with E-state index in [-0.39, 0.29) is 24.1 Å². The second kappa shape index (κ2) is 7.84. The van der Waals surface area contributed by atoms with E-state index in [4.69, 9.17) is 0 Å². The van der Waals surface area contributed by atoms with Crippen molar-refractivity contribution >= 4 is 67.5 Å². The number of carbonyl (C=O) groups is 1. The lowest BCUT2D eigenvalue weighted by atomic mass is 9.99. The predicted octanol–water partition coefficient (Wildman–Crippen LogP) is 5.89. The van der Waals surface area contributed by atoms with E-state index in [9.17, 15) is 9.90 Å². The summed E-state index contributed by atoms with van der Waals surface area (Å²) in [5.41, 5.74) is 4.99. The smallest absolute Gasteiger partial charge is 0.256 e. The molecule has 3 aromatic rings. The van der Waals surface area contributed by atoms with Gasteiger partial charge in [0.25, 0.3) is 5.91 Å². The van der Waals surface area contributed by atoms with Gasteiger partial charge in [0, 0.05) is 34.8 Å². The summed E-state index contributed by atoms with van der Waals surface area (Å²) in [6.07, 6.45) is 5.33. The number of carbonyl (C=O) groups excluding carboxylic acids is 1. The molecule has 0 unspecified atom stereocenters. The van der Waals surface area contributed by atoms with E-state index in [0.717, 1.165) is 27.9 Å². The van der Waals surface area contributed by atoms with Crippen molar-refractivity contribution in [3.8, 4) is 16.9 Å². The molecule has 0 bridgehead atoms. The highest BCUT2D eigenvalue weighted by Crippen LogP contribution is 2.38. The van der Waals surface area contributed by atoms with Crippen molar-refractivity contribution in [2.45, 2.75) is 0 Å². The monoisotopic (exact) mass is 506 g/mol. The first-order valence-corrected chi connectivity index (χ1v) is 9.37. The van der Waals surface area contributed by atoms with Gasteiger partial charge in [-0.2, -0.15) is 0 Å². The topological polar surface area (TPSA) is 62.2 Å². The highest BCUT2D eigenvalue weighted by Gasteiger charge is 2.24.